The Morgan fingerprint density at radius 2 is 1.39 bits per heavy atom. The molecule has 1 fully saturated rings. The summed E-state index contributed by atoms with van der Waals surface area (Å²) in [6, 6.07) is 25.9. The largest absolute Gasteiger partial charge is 0.375 e. The van der Waals surface area contributed by atoms with Crippen LogP contribution in [0.3, 0.4) is 0 Å². The zero-order chi connectivity index (χ0) is 21.2. The van der Waals surface area contributed by atoms with Crippen molar-refractivity contribution in [3.8, 4) is 0 Å². The first-order valence-corrected chi connectivity index (χ1v) is 11.0. The van der Waals surface area contributed by atoms with E-state index in [-0.39, 0.29) is 6.04 Å². The van der Waals surface area contributed by atoms with Gasteiger partial charge in [-0.1, -0.05) is 29.8 Å². The number of hydrogen-bond donors (Lipinski definition) is 2. The summed E-state index contributed by atoms with van der Waals surface area (Å²) in [5, 5.41) is 3.56. The number of nitrogens with one attached hydrogen (secondary N) is 2. The fourth-order valence-electron chi connectivity index (χ4n) is 4.24. The molecular weight excluding hydrogens is 382 g/mol. The molecule has 31 heavy (non-hydrogen) atoms. The van der Waals surface area contributed by atoms with E-state index in [1.807, 2.05) is 18.2 Å². The number of hydrogen-bond acceptors (Lipinski definition) is 4. The van der Waals surface area contributed by atoms with Gasteiger partial charge < -0.3 is 20.1 Å². The van der Waals surface area contributed by atoms with Crippen molar-refractivity contribution in [1.29, 1.82) is 0 Å². The molecule has 4 aromatic rings. The minimum absolute atomic E-state index is 0.108. The van der Waals surface area contributed by atoms with Crippen molar-refractivity contribution in [3.63, 3.8) is 0 Å². The summed E-state index contributed by atoms with van der Waals surface area (Å²) in [7, 11) is 0. The average molecular weight is 412 g/mol. The number of benzene rings is 3. The highest BCUT2D eigenvalue weighted by molar-refractivity contribution is 5.75. The second-order valence-corrected chi connectivity index (χ2v) is 8.36. The third-order valence-electron chi connectivity index (χ3n) is 6.11. The molecule has 5 heteroatoms. The van der Waals surface area contributed by atoms with Crippen LogP contribution in [-0.4, -0.2) is 36.1 Å². The first kappa shape index (κ1) is 19.5. The molecule has 1 aromatic heterocycles. The van der Waals surface area contributed by atoms with Gasteiger partial charge in [0.2, 0.25) is 0 Å². The van der Waals surface area contributed by atoms with E-state index >= 15 is 0 Å². The number of H-pyrrole nitrogens is 1. The lowest BCUT2D eigenvalue weighted by atomic mass is 10.2. The summed E-state index contributed by atoms with van der Waals surface area (Å²) >= 11 is 0. The second-order valence-electron chi connectivity index (χ2n) is 8.36. The van der Waals surface area contributed by atoms with Gasteiger partial charge in [0.1, 0.15) is 5.82 Å². The fraction of sp³-hybridized carbons (Fsp3) is 0.269. The van der Waals surface area contributed by atoms with Crippen molar-refractivity contribution in [2.75, 3.05) is 41.3 Å². The number of piperazine rings is 1. The molecule has 5 rings (SSSR count). The molecule has 0 radical (unpaired) electrons. The van der Waals surface area contributed by atoms with Gasteiger partial charge in [-0.15, -0.1) is 0 Å². The van der Waals surface area contributed by atoms with Crippen LogP contribution in [0.15, 0.2) is 72.8 Å². The summed E-state index contributed by atoms with van der Waals surface area (Å²) < 4.78 is 0. The highest BCUT2D eigenvalue weighted by Crippen LogP contribution is 2.25. The number of aromatic amines is 1. The Morgan fingerprint density at radius 3 is 2.00 bits per heavy atom. The zero-order valence-electron chi connectivity index (χ0n) is 18.2. The van der Waals surface area contributed by atoms with Gasteiger partial charge in [0.15, 0.2) is 0 Å². The Kier molecular flexibility index (Phi) is 5.24. The van der Waals surface area contributed by atoms with Crippen LogP contribution in [0.25, 0.3) is 11.0 Å². The lowest BCUT2D eigenvalue weighted by Gasteiger charge is -2.37. The minimum atomic E-state index is 0.108. The molecule has 3 aromatic carbocycles. The van der Waals surface area contributed by atoms with E-state index in [0.29, 0.717) is 0 Å². The monoisotopic (exact) mass is 411 g/mol. The molecule has 0 saturated carbocycles. The van der Waals surface area contributed by atoms with Crippen LogP contribution in [0, 0.1) is 6.92 Å². The van der Waals surface area contributed by atoms with Crippen LogP contribution in [0.1, 0.15) is 24.4 Å². The minimum Gasteiger partial charge on any atom is -0.375 e. The summed E-state index contributed by atoms with van der Waals surface area (Å²) in [5.74, 6) is 0.956. The Hall–Kier alpha value is -3.47. The highest BCUT2D eigenvalue weighted by Gasteiger charge is 2.18. The van der Waals surface area contributed by atoms with Crippen molar-refractivity contribution in [2.24, 2.45) is 0 Å². The van der Waals surface area contributed by atoms with Crippen molar-refractivity contribution in [1.82, 2.24) is 9.97 Å². The quantitative estimate of drug-likeness (QED) is 0.463. The summed E-state index contributed by atoms with van der Waals surface area (Å²) in [5.41, 5.74) is 7.10. The number of para-hydroxylation sites is 2. The van der Waals surface area contributed by atoms with Gasteiger partial charge >= 0.3 is 0 Å². The van der Waals surface area contributed by atoms with E-state index in [9.17, 15) is 0 Å². The smallest absolute Gasteiger partial charge is 0.129 e. The van der Waals surface area contributed by atoms with Gasteiger partial charge in [-0.05, 0) is 62.4 Å². The Labute approximate surface area is 183 Å². The molecule has 0 spiro atoms. The lowest BCUT2D eigenvalue weighted by Crippen LogP contribution is -2.46. The summed E-state index contributed by atoms with van der Waals surface area (Å²) in [4.78, 5) is 13.1. The Bertz CT molecular complexity index is 1110. The van der Waals surface area contributed by atoms with Crippen LogP contribution < -0.4 is 15.1 Å². The molecule has 1 atom stereocenters. The van der Waals surface area contributed by atoms with Crippen LogP contribution in [0.5, 0.6) is 0 Å². The number of imidazole rings is 1. The van der Waals surface area contributed by atoms with Gasteiger partial charge in [0, 0.05) is 43.2 Å². The zero-order valence-corrected chi connectivity index (χ0v) is 18.2. The number of rotatable bonds is 5. The van der Waals surface area contributed by atoms with Gasteiger partial charge in [-0.2, -0.15) is 0 Å². The van der Waals surface area contributed by atoms with E-state index in [1.165, 1.54) is 16.9 Å². The van der Waals surface area contributed by atoms with E-state index in [2.05, 4.69) is 88.5 Å². The average Bonchev–Trinajstić information content (AvgIpc) is 3.25. The molecule has 1 saturated heterocycles. The van der Waals surface area contributed by atoms with Crippen LogP contribution >= 0.6 is 0 Å². The number of nitrogens with zero attached hydrogens (tertiary/aromatic N) is 3. The van der Waals surface area contributed by atoms with Crippen LogP contribution in [0.2, 0.25) is 0 Å². The van der Waals surface area contributed by atoms with Crippen LogP contribution in [0.4, 0.5) is 17.1 Å². The Morgan fingerprint density at radius 1 is 0.806 bits per heavy atom. The third-order valence-corrected chi connectivity index (χ3v) is 6.11. The maximum absolute atomic E-state index is 4.71. The molecule has 1 aliphatic rings. The number of aryl methyl sites for hydroxylation is 1. The summed E-state index contributed by atoms with van der Waals surface area (Å²) in [6.45, 7) is 8.44. The number of fused-ring (bicyclic) bond motifs is 1. The molecule has 158 valence electrons. The highest BCUT2D eigenvalue weighted by atomic mass is 15.3. The molecule has 0 bridgehead atoms. The molecule has 1 unspecified atom stereocenters. The molecule has 2 heterocycles. The number of anilines is 3. The predicted octanol–water partition coefficient (Wildman–Crippen LogP) is 5.37. The molecule has 0 aliphatic carbocycles. The number of aromatic nitrogens is 2. The SMILES string of the molecule is Cc1ccc(N2CCN(c3ccc(NC(C)c4nc5ccccc5[nH]4)cc3)CC2)cc1. The van der Waals surface area contributed by atoms with Crippen molar-refractivity contribution in [3.05, 3.63) is 84.2 Å². The van der Waals surface area contributed by atoms with Gasteiger partial charge in [0.25, 0.3) is 0 Å². The van der Waals surface area contributed by atoms with E-state index < -0.39 is 0 Å². The fourth-order valence-corrected chi connectivity index (χ4v) is 4.24. The second kappa shape index (κ2) is 8.34. The molecule has 1 aliphatic heterocycles. The maximum atomic E-state index is 4.71. The molecular formula is C26H29N5. The van der Waals surface area contributed by atoms with E-state index in [4.69, 9.17) is 4.98 Å². The van der Waals surface area contributed by atoms with Crippen LogP contribution in [-0.2, 0) is 0 Å². The Balaban J connectivity index is 1.19. The lowest BCUT2D eigenvalue weighted by molar-refractivity contribution is 0.653. The molecule has 0 amide bonds. The van der Waals surface area contributed by atoms with Gasteiger partial charge in [-0.3, -0.25) is 0 Å². The van der Waals surface area contributed by atoms with E-state index in [1.54, 1.807) is 0 Å². The predicted molar refractivity (Wildman–Crippen MR) is 130 cm³/mol. The standard InChI is InChI=1S/C26H29N5/c1-19-7-11-22(12-8-19)30-15-17-31(18-16-30)23-13-9-21(10-14-23)27-20(2)26-28-24-5-3-4-6-25(24)29-26/h3-14,20,27H,15-18H2,1-2H3,(H,28,29). The van der Waals surface area contributed by atoms with E-state index in [0.717, 1.165) is 48.7 Å². The molecule has 2 N–H and O–H groups in total. The summed E-state index contributed by atoms with van der Waals surface area (Å²) in [6.07, 6.45) is 0. The maximum Gasteiger partial charge on any atom is 0.129 e. The first-order valence-electron chi connectivity index (χ1n) is 11.0. The van der Waals surface area contributed by atoms with Crippen molar-refractivity contribution >= 4 is 28.1 Å². The van der Waals surface area contributed by atoms with Gasteiger partial charge in [0.05, 0.1) is 17.1 Å². The van der Waals surface area contributed by atoms with Crippen molar-refractivity contribution in [2.45, 2.75) is 19.9 Å². The topological polar surface area (TPSA) is 47.2 Å². The normalized spacial score (nSPS) is 15.3. The first-order chi connectivity index (χ1) is 15.2. The molecule has 5 nitrogen and oxygen atoms in total. The van der Waals surface area contributed by atoms with Gasteiger partial charge in [-0.25, -0.2) is 4.98 Å². The third kappa shape index (κ3) is 4.22. The van der Waals surface area contributed by atoms with Crippen molar-refractivity contribution < 1.29 is 0 Å².